The minimum atomic E-state index is 0.0519. The molecule has 0 radical (unpaired) electrons. The second-order valence-electron chi connectivity index (χ2n) is 3.48. The molecule has 0 atom stereocenters. The molecular weight excluding hydrogens is 192 g/mol. The van der Waals surface area contributed by atoms with Gasteiger partial charge in [-0.25, -0.2) is 0 Å². The SMILES string of the molecule is CCOCC(=O)N(CCN)C(CC)CC. The van der Waals surface area contributed by atoms with E-state index >= 15 is 0 Å². The molecule has 0 fully saturated rings. The van der Waals surface area contributed by atoms with Crippen LogP contribution in [-0.2, 0) is 9.53 Å². The highest BCUT2D eigenvalue weighted by atomic mass is 16.5. The van der Waals surface area contributed by atoms with Gasteiger partial charge in [0.2, 0.25) is 5.91 Å². The van der Waals surface area contributed by atoms with E-state index in [4.69, 9.17) is 10.5 Å². The van der Waals surface area contributed by atoms with E-state index in [2.05, 4.69) is 13.8 Å². The number of hydrogen-bond donors (Lipinski definition) is 1. The Bertz CT molecular complexity index is 170. The maximum absolute atomic E-state index is 11.8. The van der Waals surface area contributed by atoms with Crippen molar-refractivity contribution in [2.24, 2.45) is 5.73 Å². The summed E-state index contributed by atoms with van der Waals surface area (Å²) in [6.07, 6.45) is 1.93. The fourth-order valence-electron chi connectivity index (χ4n) is 1.65. The van der Waals surface area contributed by atoms with Crippen LogP contribution in [0.25, 0.3) is 0 Å². The molecule has 0 unspecified atom stereocenters. The molecule has 4 nitrogen and oxygen atoms in total. The fraction of sp³-hybridized carbons (Fsp3) is 0.909. The maximum atomic E-state index is 11.8. The van der Waals surface area contributed by atoms with Crippen LogP contribution in [0.2, 0.25) is 0 Å². The van der Waals surface area contributed by atoms with Crippen molar-refractivity contribution in [3.05, 3.63) is 0 Å². The summed E-state index contributed by atoms with van der Waals surface area (Å²) in [6.45, 7) is 7.94. The van der Waals surface area contributed by atoms with E-state index in [9.17, 15) is 4.79 Å². The predicted octanol–water partition coefficient (Wildman–Crippen LogP) is 0.999. The third kappa shape index (κ3) is 5.14. The molecule has 0 aromatic carbocycles. The fourth-order valence-corrected chi connectivity index (χ4v) is 1.65. The van der Waals surface area contributed by atoms with E-state index in [1.54, 1.807) is 0 Å². The van der Waals surface area contributed by atoms with Gasteiger partial charge in [-0.1, -0.05) is 13.8 Å². The molecule has 90 valence electrons. The highest BCUT2D eigenvalue weighted by molar-refractivity contribution is 5.77. The first-order chi connectivity index (χ1) is 7.21. The lowest BCUT2D eigenvalue weighted by atomic mass is 10.1. The van der Waals surface area contributed by atoms with Gasteiger partial charge in [0.15, 0.2) is 0 Å². The van der Waals surface area contributed by atoms with Gasteiger partial charge in [0.25, 0.3) is 0 Å². The van der Waals surface area contributed by atoms with Crippen LogP contribution in [0.1, 0.15) is 33.6 Å². The Morgan fingerprint density at radius 1 is 1.33 bits per heavy atom. The molecule has 0 saturated heterocycles. The van der Waals surface area contributed by atoms with Crippen molar-refractivity contribution in [1.29, 1.82) is 0 Å². The Morgan fingerprint density at radius 2 is 1.93 bits per heavy atom. The molecule has 0 heterocycles. The van der Waals surface area contributed by atoms with Crippen LogP contribution in [0.4, 0.5) is 0 Å². The Balaban J connectivity index is 4.28. The van der Waals surface area contributed by atoms with Crippen molar-refractivity contribution in [1.82, 2.24) is 4.90 Å². The zero-order valence-electron chi connectivity index (χ0n) is 10.2. The molecule has 0 rings (SSSR count). The summed E-state index contributed by atoms with van der Waals surface area (Å²) >= 11 is 0. The Morgan fingerprint density at radius 3 is 2.33 bits per heavy atom. The Labute approximate surface area is 92.8 Å². The van der Waals surface area contributed by atoms with Crippen molar-refractivity contribution in [3.8, 4) is 0 Å². The standard InChI is InChI=1S/C11H24N2O2/c1-4-10(5-2)13(8-7-12)11(14)9-15-6-3/h10H,4-9,12H2,1-3H3. The average molecular weight is 216 g/mol. The third-order valence-electron chi connectivity index (χ3n) is 2.50. The molecule has 0 spiro atoms. The van der Waals surface area contributed by atoms with Crippen LogP contribution < -0.4 is 5.73 Å². The third-order valence-corrected chi connectivity index (χ3v) is 2.50. The number of carbonyl (C=O) groups is 1. The van der Waals surface area contributed by atoms with Crippen molar-refractivity contribution in [2.45, 2.75) is 39.7 Å². The van der Waals surface area contributed by atoms with Crippen molar-refractivity contribution in [3.63, 3.8) is 0 Å². The number of nitrogens with zero attached hydrogens (tertiary/aromatic N) is 1. The highest BCUT2D eigenvalue weighted by Gasteiger charge is 2.19. The first-order valence-electron chi connectivity index (χ1n) is 5.78. The summed E-state index contributed by atoms with van der Waals surface area (Å²) in [6, 6.07) is 0.293. The lowest BCUT2D eigenvalue weighted by Gasteiger charge is -2.30. The van der Waals surface area contributed by atoms with Gasteiger partial charge in [-0.3, -0.25) is 4.79 Å². The van der Waals surface area contributed by atoms with Gasteiger partial charge >= 0.3 is 0 Å². The van der Waals surface area contributed by atoms with E-state index in [0.29, 0.717) is 25.7 Å². The minimum absolute atomic E-state index is 0.0519. The molecule has 0 aliphatic heterocycles. The average Bonchev–Trinajstić information content (AvgIpc) is 2.26. The number of amides is 1. The van der Waals surface area contributed by atoms with Crippen LogP contribution in [0.3, 0.4) is 0 Å². The normalized spacial score (nSPS) is 10.7. The first kappa shape index (κ1) is 14.4. The summed E-state index contributed by atoms with van der Waals surface area (Å²) in [4.78, 5) is 13.6. The van der Waals surface area contributed by atoms with Crippen LogP contribution in [0.15, 0.2) is 0 Å². The van der Waals surface area contributed by atoms with Gasteiger partial charge in [0.1, 0.15) is 6.61 Å². The molecule has 0 aliphatic carbocycles. The van der Waals surface area contributed by atoms with E-state index in [-0.39, 0.29) is 12.5 Å². The maximum Gasteiger partial charge on any atom is 0.248 e. The smallest absolute Gasteiger partial charge is 0.248 e. The molecular formula is C11H24N2O2. The lowest BCUT2D eigenvalue weighted by Crippen LogP contribution is -2.44. The monoisotopic (exact) mass is 216 g/mol. The Kier molecular flexibility index (Phi) is 8.33. The number of rotatable bonds is 8. The molecule has 4 heteroatoms. The van der Waals surface area contributed by atoms with Gasteiger partial charge < -0.3 is 15.4 Å². The molecule has 0 saturated carbocycles. The van der Waals surface area contributed by atoms with E-state index < -0.39 is 0 Å². The summed E-state index contributed by atoms with van der Waals surface area (Å²) in [5.74, 6) is 0.0519. The first-order valence-corrected chi connectivity index (χ1v) is 5.78. The quantitative estimate of drug-likeness (QED) is 0.658. The summed E-state index contributed by atoms with van der Waals surface area (Å²) in [7, 11) is 0. The Hall–Kier alpha value is -0.610. The molecule has 0 aromatic rings. The van der Waals surface area contributed by atoms with E-state index in [0.717, 1.165) is 12.8 Å². The molecule has 0 aromatic heterocycles. The van der Waals surface area contributed by atoms with Gasteiger partial charge in [0, 0.05) is 25.7 Å². The van der Waals surface area contributed by atoms with Gasteiger partial charge in [-0.15, -0.1) is 0 Å². The lowest BCUT2D eigenvalue weighted by molar-refractivity contribution is -0.138. The van der Waals surface area contributed by atoms with Crippen molar-refractivity contribution < 1.29 is 9.53 Å². The number of nitrogens with two attached hydrogens (primary N) is 1. The van der Waals surface area contributed by atoms with Crippen LogP contribution in [0, 0.1) is 0 Å². The molecule has 2 N–H and O–H groups in total. The molecule has 0 bridgehead atoms. The van der Waals surface area contributed by atoms with Gasteiger partial charge in [-0.05, 0) is 19.8 Å². The number of carbonyl (C=O) groups excluding carboxylic acids is 1. The van der Waals surface area contributed by atoms with Gasteiger partial charge in [-0.2, -0.15) is 0 Å². The van der Waals surface area contributed by atoms with E-state index in [1.807, 2.05) is 11.8 Å². The van der Waals surface area contributed by atoms with E-state index in [1.165, 1.54) is 0 Å². The molecule has 15 heavy (non-hydrogen) atoms. The van der Waals surface area contributed by atoms with Crippen LogP contribution in [-0.4, -0.2) is 43.2 Å². The number of hydrogen-bond acceptors (Lipinski definition) is 3. The largest absolute Gasteiger partial charge is 0.372 e. The highest BCUT2D eigenvalue weighted by Crippen LogP contribution is 2.08. The van der Waals surface area contributed by atoms with Gasteiger partial charge in [0.05, 0.1) is 0 Å². The molecule has 1 amide bonds. The number of ether oxygens (including phenoxy) is 1. The summed E-state index contributed by atoms with van der Waals surface area (Å²) in [5, 5.41) is 0. The van der Waals surface area contributed by atoms with Crippen LogP contribution >= 0.6 is 0 Å². The predicted molar refractivity (Wildman–Crippen MR) is 61.6 cm³/mol. The van der Waals surface area contributed by atoms with Crippen LogP contribution in [0.5, 0.6) is 0 Å². The topological polar surface area (TPSA) is 55.6 Å². The molecule has 0 aliphatic rings. The van der Waals surface area contributed by atoms with Crippen molar-refractivity contribution >= 4 is 5.91 Å². The second kappa shape index (κ2) is 8.68. The second-order valence-corrected chi connectivity index (χ2v) is 3.48. The zero-order chi connectivity index (χ0) is 11.7. The summed E-state index contributed by atoms with van der Waals surface area (Å²) in [5.41, 5.74) is 5.51. The summed E-state index contributed by atoms with van der Waals surface area (Å²) < 4.78 is 5.13. The minimum Gasteiger partial charge on any atom is -0.372 e. The van der Waals surface area contributed by atoms with Crippen molar-refractivity contribution in [2.75, 3.05) is 26.3 Å². The zero-order valence-corrected chi connectivity index (χ0v) is 10.2.